The Morgan fingerprint density at radius 2 is 1.90 bits per heavy atom. The topological polar surface area (TPSA) is 45.2 Å². The summed E-state index contributed by atoms with van der Waals surface area (Å²) in [4.78, 5) is 18.6. The molecule has 1 amide bonds. The first kappa shape index (κ1) is 16.5. The van der Waals surface area contributed by atoms with Crippen LogP contribution >= 0.6 is 0 Å². The maximum Gasteiger partial charge on any atom is 0.270 e. The number of nitrogens with zero attached hydrogens (tertiary/aromatic N) is 2. The van der Waals surface area contributed by atoms with Crippen LogP contribution < -0.4 is 10.2 Å². The highest BCUT2D eigenvalue weighted by molar-refractivity contribution is 5.92. The average Bonchev–Trinajstić information content (AvgIpc) is 2.47. The van der Waals surface area contributed by atoms with Crippen molar-refractivity contribution in [1.29, 1.82) is 0 Å². The molecule has 1 aromatic rings. The standard InChI is InChI=1S/C16H27N3O/c1-5-10-19(11-6-2)14-8-9-15(17-12-14)16(20)18-13(4)7-3/h8-9,12-13H,5-7,10-11H2,1-4H3,(H,18,20). The molecular formula is C16H27N3O. The van der Waals surface area contributed by atoms with E-state index in [0.29, 0.717) is 5.69 Å². The summed E-state index contributed by atoms with van der Waals surface area (Å²) in [5.41, 5.74) is 1.58. The summed E-state index contributed by atoms with van der Waals surface area (Å²) >= 11 is 0. The van der Waals surface area contributed by atoms with Gasteiger partial charge in [0, 0.05) is 19.1 Å². The highest BCUT2D eigenvalue weighted by Crippen LogP contribution is 2.14. The molecule has 0 aliphatic carbocycles. The van der Waals surface area contributed by atoms with E-state index in [1.165, 1.54) is 0 Å². The minimum atomic E-state index is -0.0940. The van der Waals surface area contributed by atoms with Crippen LogP contribution in [-0.4, -0.2) is 30.0 Å². The number of carbonyl (C=O) groups is 1. The summed E-state index contributed by atoms with van der Waals surface area (Å²) < 4.78 is 0. The fourth-order valence-corrected chi connectivity index (χ4v) is 2.02. The van der Waals surface area contributed by atoms with Crippen molar-refractivity contribution >= 4 is 11.6 Å². The highest BCUT2D eigenvalue weighted by atomic mass is 16.1. The van der Waals surface area contributed by atoms with Crippen molar-refractivity contribution in [2.45, 2.75) is 53.0 Å². The third-order valence-corrected chi connectivity index (χ3v) is 3.32. The number of rotatable bonds is 8. The second-order valence-electron chi connectivity index (χ2n) is 5.17. The molecule has 0 spiro atoms. The lowest BCUT2D eigenvalue weighted by atomic mass is 10.2. The molecule has 4 nitrogen and oxygen atoms in total. The SMILES string of the molecule is CCCN(CCC)c1ccc(C(=O)NC(C)CC)nc1. The second-order valence-corrected chi connectivity index (χ2v) is 5.17. The van der Waals surface area contributed by atoms with Crippen molar-refractivity contribution < 1.29 is 4.79 Å². The fourth-order valence-electron chi connectivity index (χ4n) is 2.02. The van der Waals surface area contributed by atoms with Gasteiger partial charge in [0.1, 0.15) is 5.69 Å². The highest BCUT2D eigenvalue weighted by Gasteiger charge is 2.11. The zero-order valence-corrected chi connectivity index (χ0v) is 13.1. The van der Waals surface area contributed by atoms with E-state index >= 15 is 0 Å². The lowest BCUT2D eigenvalue weighted by Gasteiger charge is -2.23. The first-order chi connectivity index (χ1) is 9.62. The first-order valence-electron chi connectivity index (χ1n) is 7.64. The molecule has 0 fully saturated rings. The monoisotopic (exact) mass is 277 g/mol. The molecule has 0 aliphatic heterocycles. The van der Waals surface area contributed by atoms with E-state index in [2.05, 4.69) is 36.0 Å². The van der Waals surface area contributed by atoms with Crippen molar-refractivity contribution in [3.05, 3.63) is 24.0 Å². The summed E-state index contributed by atoms with van der Waals surface area (Å²) in [7, 11) is 0. The molecule has 0 radical (unpaired) electrons. The van der Waals surface area contributed by atoms with Gasteiger partial charge >= 0.3 is 0 Å². The van der Waals surface area contributed by atoms with Gasteiger partial charge in [-0.3, -0.25) is 4.79 Å². The van der Waals surface area contributed by atoms with Gasteiger partial charge in [-0.25, -0.2) is 4.98 Å². The van der Waals surface area contributed by atoms with Crippen LogP contribution in [0.4, 0.5) is 5.69 Å². The van der Waals surface area contributed by atoms with Gasteiger partial charge in [-0.1, -0.05) is 20.8 Å². The number of amides is 1. The van der Waals surface area contributed by atoms with E-state index in [-0.39, 0.29) is 11.9 Å². The van der Waals surface area contributed by atoms with E-state index in [4.69, 9.17) is 0 Å². The molecule has 0 saturated carbocycles. The van der Waals surface area contributed by atoms with Gasteiger partial charge in [0.2, 0.25) is 0 Å². The minimum absolute atomic E-state index is 0.0940. The number of anilines is 1. The smallest absolute Gasteiger partial charge is 0.270 e. The molecule has 0 aromatic carbocycles. The van der Waals surface area contributed by atoms with Crippen LogP contribution in [-0.2, 0) is 0 Å². The van der Waals surface area contributed by atoms with Crippen LogP contribution in [0.15, 0.2) is 18.3 Å². The number of hydrogen-bond donors (Lipinski definition) is 1. The summed E-state index contributed by atoms with van der Waals surface area (Å²) in [6, 6.07) is 3.98. The van der Waals surface area contributed by atoms with Gasteiger partial charge in [-0.15, -0.1) is 0 Å². The van der Waals surface area contributed by atoms with Gasteiger partial charge in [0.15, 0.2) is 0 Å². The molecule has 1 heterocycles. The van der Waals surface area contributed by atoms with Gasteiger partial charge in [0.25, 0.3) is 5.91 Å². The maximum atomic E-state index is 12.0. The molecule has 20 heavy (non-hydrogen) atoms. The number of aromatic nitrogens is 1. The van der Waals surface area contributed by atoms with Crippen LogP contribution in [0, 0.1) is 0 Å². The van der Waals surface area contributed by atoms with Crippen LogP contribution in [0.25, 0.3) is 0 Å². The molecular weight excluding hydrogens is 250 g/mol. The predicted octanol–water partition coefficient (Wildman–Crippen LogP) is 3.24. The zero-order valence-electron chi connectivity index (χ0n) is 13.1. The van der Waals surface area contributed by atoms with E-state index in [1.807, 2.05) is 19.1 Å². The summed E-state index contributed by atoms with van der Waals surface area (Å²) in [5, 5.41) is 2.93. The maximum absolute atomic E-state index is 12.0. The predicted molar refractivity (Wildman–Crippen MR) is 84.3 cm³/mol. The largest absolute Gasteiger partial charge is 0.370 e. The normalized spacial score (nSPS) is 12.0. The van der Waals surface area contributed by atoms with Crippen molar-refractivity contribution in [3.63, 3.8) is 0 Å². The molecule has 1 atom stereocenters. The average molecular weight is 277 g/mol. The minimum Gasteiger partial charge on any atom is -0.370 e. The van der Waals surface area contributed by atoms with Crippen molar-refractivity contribution in [3.8, 4) is 0 Å². The molecule has 1 N–H and O–H groups in total. The lowest BCUT2D eigenvalue weighted by molar-refractivity contribution is 0.0934. The van der Waals surface area contributed by atoms with Gasteiger partial charge in [-0.2, -0.15) is 0 Å². The Morgan fingerprint density at radius 1 is 1.25 bits per heavy atom. The molecule has 1 rings (SSSR count). The molecule has 0 bridgehead atoms. The Morgan fingerprint density at radius 3 is 2.35 bits per heavy atom. The van der Waals surface area contributed by atoms with Gasteiger partial charge < -0.3 is 10.2 Å². The summed E-state index contributed by atoms with van der Waals surface area (Å²) in [5.74, 6) is -0.0940. The van der Waals surface area contributed by atoms with Crippen LogP contribution in [0.2, 0.25) is 0 Å². The molecule has 0 aliphatic rings. The molecule has 112 valence electrons. The van der Waals surface area contributed by atoms with E-state index < -0.39 is 0 Å². The zero-order chi connectivity index (χ0) is 15.0. The van der Waals surface area contributed by atoms with Crippen molar-refractivity contribution in [2.75, 3.05) is 18.0 Å². The number of hydrogen-bond acceptors (Lipinski definition) is 3. The van der Waals surface area contributed by atoms with Gasteiger partial charge in [-0.05, 0) is 38.3 Å². The molecule has 1 aromatic heterocycles. The fraction of sp³-hybridized carbons (Fsp3) is 0.625. The van der Waals surface area contributed by atoms with Crippen LogP contribution in [0.1, 0.15) is 57.4 Å². The lowest BCUT2D eigenvalue weighted by Crippen LogP contribution is -2.32. The van der Waals surface area contributed by atoms with Crippen LogP contribution in [0.3, 0.4) is 0 Å². The second kappa shape index (κ2) is 8.56. The number of pyridine rings is 1. The van der Waals surface area contributed by atoms with Crippen molar-refractivity contribution in [1.82, 2.24) is 10.3 Å². The van der Waals surface area contributed by atoms with E-state index in [0.717, 1.165) is 38.0 Å². The Balaban J connectivity index is 2.73. The third kappa shape index (κ3) is 4.83. The first-order valence-corrected chi connectivity index (χ1v) is 7.64. The third-order valence-electron chi connectivity index (χ3n) is 3.32. The van der Waals surface area contributed by atoms with Crippen molar-refractivity contribution in [2.24, 2.45) is 0 Å². The Labute approximate surface area is 122 Å². The molecule has 1 unspecified atom stereocenters. The Bertz CT molecular complexity index is 397. The summed E-state index contributed by atoms with van der Waals surface area (Å²) in [6.45, 7) is 10.4. The molecule has 4 heteroatoms. The Kier molecular flexibility index (Phi) is 7.05. The van der Waals surface area contributed by atoms with Crippen LogP contribution in [0.5, 0.6) is 0 Å². The number of carbonyl (C=O) groups excluding carboxylic acids is 1. The quantitative estimate of drug-likeness (QED) is 0.793. The van der Waals surface area contributed by atoms with E-state index in [1.54, 1.807) is 6.20 Å². The van der Waals surface area contributed by atoms with Gasteiger partial charge in [0.05, 0.1) is 11.9 Å². The number of nitrogens with one attached hydrogen (secondary N) is 1. The summed E-state index contributed by atoms with van der Waals surface area (Å²) in [6.07, 6.45) is 4.94. The Hall–Kier alpha value is -1.58. The van der Waals surface area contributed by atoms with E-state index in [9.17, 15) is 4.79 Å². The molecule has 0 saturated heterocycles.